The molecule has 0 saturated heterocycles. The summed E-state index contributed by atoms with van der Waals surface area (Å²) in [5.41, 5.74) is 1.38. The van der Waals surface area contributed by atoms with Crippen molar-refractivity contribution in [2.75, 3.05) is 6.61 Å². The van der Waals surface area contributed by atoms with Crippen LogP contribution < -0.4 is 0 Å². The zero-order valence-corrected chi connectivity index (χ0v) is 10.4. The van der Waals surface area contributed by atoms with Gasteiger partial charge in [0.2, 0.25) is 0 Å². The van der Waals surface area contributed by atoms with Gasteiger partial charge in [0.05, 0.1) is 6.61 Å². The van der Waals surface area contributed by atoms with Crippen molar-refractivity contribution in [2.45, 2.75) is 33.1 Å². The topological polar surface area (TPSA) is 43.4 Å². The van der Waals surface area contributed by atoms with E-state index in [0.29, 0.717) is 29.6 Å². The fourth-order valence-corrected chi connectivity index (χ4v) is 4.21. The number of esters is 1. The summed E-state index contributed by atoms with van der Waals surface area (Å²) in [5, 5.41) is 0. The molecule has 3 heteroatoms. The molecule has 92 valence electrons. The number of fused-ring (bicyclic) bond motifs is 5. The predicted molar refractivity (Wildman–Crippen MR) is 62.2 cm³/mol. The second-order valence-electron chi connectivity index (χ2n) is 5.51. The molecule has 0 amide bonds. The largest absolute Gasteiger partial charge is 0.463 e. The zero-order chi connectivity index (χ0) is 12.2. The third-order valence-electron chi connectivity index (χ3n) is 4.82. The molecule has 4 atom stereocenters. The maximum Gasteiger partial charge on any atom is 0.334 e. The molecule has 0 N–H and O–H groups in total. The number of ketones is 1. The van der Waals surface area contributed by atoms with E-state index in [1.807, 2.05) is 6.92 Å². The van der Waals surface area contributed by atoms with Gasteiger partial charge in [-0.15, -0.1) is 0 Å². The molecule has 2 fully saturated rings. The summed E-state index contributed by atoms with van der Waals surface area (Å²) in [5.74, 6) is 1.32. The molecule has 2 unspecified atom stereocenters. The van der Waals surface area contributed by atoms with Gasteiger partial charge in [-0.05, 0) is 44.9 Å². The molecule has 0 heterocycles. The lowest BCUT2D eigenvalue weighted by molar-refractivity contribution is -0.139. The number of carbonyl (C=O) groups is 2. The lowest BCUT2D eigenvalue weighted by Gasteiger charge is -2.25. The molecule has 3 aliphatic rings. The minimum Gasteiger partial charge on any atom is -0.463 e. The standard InChI is InChI=1S/C14H18O3/c1-3-17-14(16)10-7(2)13(15)12-9-5-4-8(6-9)11(10)12/h8-9,11-12H,3-6H2,1-2H3/t8-,9+,11?,12?/m0/s1. The third kappa shape index (κ3) is 1.34. The minimum atomic E-state index is -0.251. The van der Waals surface area contributed by atoms with Crippen LogP contribution in [0.2, 0.25) is 0 Å². The molecule has 0 aromatic rings. The van der Waals surface area contributed by atoms with Gasteiger partial charge >= 0.3 is 5.97 Å². The van der Waals surface area contributed by atoms with Crippen LogP contribution >= 0.6 is 0 Å². The van der Waals surface area contributed by atoms with Crippen LogP contribution in [0.5, 0.6) is 0 Å². The highest BCUT2D eigenvalue weighted by Crippen LogP contribution is 2.59. The number of allylic oxidation sites excluding steroid dienone is 1. The summed E-state index contributed by atoms with van der Waals surface area (Å²) in [4.78, 5) is 24.2. The summed E-state index contributed by atoms with van der Waals surface area (Å²) in [6.07, 6.45) is 3.48. The third-order valence-corrected chi connectivity index (χ3v) is 4.82. The van der Waals surface area contributed by atoms with Crippen LogP contribution in [0.1, 0.15) is 33.1 Å². The van der Waals surface area contributed by atoms with Crippen molar-refractivity contribution >= 4 is 11.8 Å². The van der Waals surface area contributed by atoms with E-state index in [1.165, 1.54) is 12.8 Å². The fourth-order valence-electron chi connectivity index (χ4n) is 4.21. The van der Waals surface area contributed by atoms with Crippen LogP contribution in [0.3, 0.4) is 0 Å². The first-order valence-electron chi connectivity index (χ1n) is 6.57. The summed E-state index contributed by atoms with van der Waals surface area (Å²) in [6.45, 7) is 3.99. The van der Waals surface area contributed by atoms with Crippen molar-refractivity contribution in [3.05, 3.63) is 11.1 Å². The van der Waals surface area contributed by atoms with E-state index in [-0.39, 0.29) is 23.6 Å². The average Bonchev–Trinajstić information content (AvgIpc) is 2.94. The van der Waals surface area contributed by atoms with Gasteiger partial charge in [0.25, 0.3) is 0 Å². The van der Waals surface area contributed by atoms with E-state index in [0.717, 1.165) is 6.42 Å². The molecule has 2 bridgehead atoms. The molecule has 0 aliphatic heterocycles. The number of ether oxygens (including phenoxy) is 1. The van der Waals surface area contributed by atoms with E-state index >= 15 is 0 Å². The van der Waals surface area contributed by atoms with Crippen LogP contribution in [0.4, 0.5) is 0 Å². The van der Waals surface area contributed by atoms with Gasteiger partial charge in [-0.2, -0.15) is 0 Å². The van der Waals surface area contributed by atoms with Crippen LogP contribution in [-0.2, 0) is 14.3 Å². The second-order valence-corrected chi connectivity index (χ2v) is 5.51. The van der Waals surface area contributed by atoms with E-state index < -0.39 is 0 Å². The maximum absolute atomic E-state index is 12.2. The predicted octanol–water partition coefficient (Wildman–Crippen LogP) is 2.11. The number of hydrogen-bond acceptors (Lipinski definition) is 3. The Hall–Kier alpha value is -1.12. The number of Topliss-reactive ketones (excluding diaryl/α,β-unsaturated/α-hetero) is 1. The molecule has 0 radical (unpaired) electrons. The molecule has 0 spiro atoms. The van der Waals surface area contributed by atoms with Crippen molar-refractivity contribution in [3.63, 3.8) is 0 Å². The van der Waals surface area contributed by atoms with Crippen molar-refractivity contribution < 1.29 is 14.3 Å². The van der Waals surface area contributed by atoms with Gasteiger partial charge in [0.1, 0.15) is 0 Å². The van der Waals surface area contributed by atoms with Crippen molar-refractivity contribution in [1.29, 1.82) is 0 Å². The summed E-state index contributed by atoms with van der Waals surface area (Å²) in [7, 11) is 0. The van der Waals surface area contributed by atoms with E-state index in [1.54, 1.807) is 6.92 Å². The van der Waals surface area contributed by atoms with Crippen LogP contribution in [-0.4, -0.2) is 18.4 Å². The monoisotopic (exact) mass is 234 g/mol. The van der Waals surface area contributed by atoms with Crippen LogP contribution in [0.25, 0.3) is 0 Å². The van der Waals surface area contributed by atoms with E-state index in [9.17, 15) is 9.59 Å². The molecule has 3 nitrogen and oxygen atoms in total. The first kappa shape index (κ1) is 11.0. The van der Waals surface area contributed by atoms with E-state index in [2.05, 4.69) is 0 Å². The van der Waals surface area contributed by atoms with E-state index in [4.69, 9.17) is 4.74 Å². The Morgan fingerprint density at radius 2 is 1.94 bits per heavy atom. The van der Waals surface area contributed by atoms with Crippen LogP contribution in [0.15, 0.2) is 11.1 Å². The van der Waals surface area contributed by atoms with Crippen molar-refractivity contribution in [3.8, 4) is 0 Å². The number of carbonyl (C=O) groups excluding carboxylic acids is 2. The normalized spacial score (nSPS) is 38.8. The summed E-state index contributed by atoms with van der Waals surface area (Å²) < 4.78 is 5.11. The number of rotatable bonds is 2. The molecule has 2 saturated carbocycles. The van der Waals surface area contributed by atoms with Gasteiger partial charge in [0.15, 0.2) is 5.78 Å². The zero-order valence-electron chi connectivity index (χ0n) is 10.4. The Bertz CT molecular complexity index is 421. The van der Waals surface area contributed by atoms with Gasteiger partial charge < -0.3 is 4.74 Å². The summed E-state index contributed by atoms with van der Waals surface area (Å²) in [6, 6.07) is 0. The van der Waals surface area contributed by atoms with Crippen LogP contribution in [0, 0.1) is 23.7 Å². The lowest BCUT2D eigenvalue weighted by atomic mass is 9.78. The SMILES string of the molecule is CCOC(=O)C1=C(C)C(=O)C2C1[C@H]1CC[C@@H]2C1. The Labute approximate surface area is 101 Å². The van der Waals surface area contributed by atoms with Crippen molar-refractivity contribution in [2.24, 2.45) is 23.7 Å². The molecule has 0 aromatic carbocycles. The highest BCUT2D eigenvalue weighted by molar-refractivity contribution is 6.09. The summed E-state index contributed by atoms with van der Waals surface area (Å²) >= 11 is 0. The van der Waals surface area contributed by atoms with Gasteiger partial charge in [-0.1, -0.05) is 0 Å². The Morgan fingerprint density at radius 3 is 2.59 bits per heavy atom. The smallest absolute Gasteiger partial charge is 0.334 e. The fraction of sp³-hybridized carbons (Fsp3) is 0.714. The highest BCUT2D eigenvalue weighted by atomic mass is 16.5. The van der Waals surface area contributed by atoms with Gasteiger partial charge in [-0.25, -0.2) is 4.79 Å². The first-order chi connectivity index (χ1) is 8.15. The molecular formula is C14H18O3. The Morgan fingerprint density at radius 1 is 1.29 bits per heavy atom. The molecule has 0 aromatic heterocycles. The Balaban J connectivity index is 1.97. The second kappa shape index (κ2) is 3.69. The quantitative estimate of drug-likeness (QED) is 0.687. The highest BCUT2D eigenvalue weighted by Gasteiger charge is 2.57. The van der Waals surface area contributed by atoms with Gasteiger partial charge in [-0.3, -0.25) is 4.79 Å². The lowest BCUT2D eigenvalue weighted by Crippen LogP contribution is -2.26. The average molecular weight is 234 g/mol. The molecular weight excluding hydrogens is 216 g/mol. The molecule has 17 heavy (non-hydrogen) atoms. The molecule has 3 rings (SSSR count). The van der Waals surface area contributed by atoms with Crippen molar-refractivity contribution in [1.82, 2.24) is 0 Å². The van der Waals surface area contributed by atoms with Gasteiger partial charge in [0, 0.05) is 23.0 Å². The first-order valence-corrected chi connectivity index (χ1v) is 6.57. The Kier molecular flexibility index (Phi) is 2.39. The molecule has 3 aliphatic carbocycles. The minimum absolute atomic E-state index is 0.105. The number of hydrogen-bond donors (Lipinski definition) is 0. The maximum atomic E-state index is 12.2.